The van der Waals surface area contributed by atoms with E-state index in [2.05, 4.69) is 14.8 Å². The van der Waals surface area contributed by atoms with Crippen LogP contribution in [0, 0.1) is 0 Å². The Morgan fingerprint density at radius 2 is 2.10 bits per heavy atom. The molecule has 6 heteroatoms. The van der Waals surface area contributed by atoms with E-state index in [1.807, 2.05) is 6.92 Å². The molecule has 1 aliphatic rings. The third kappa shape index (κ3) is 4.28. The number of rotatable bonds is 6. The van der Waals surface area contributed by atoms with Crippen LogP contribution < -0.4 is 16.2 Å². The van der Waals surface area contributed by atoms with Gasteiger partial charge < -0.3 is 20.1 Å². The highest BCUT2D eigenvalue weighted by atomic mass is 16.1. The molecule has 1 aliphatic heterocycles. The topological polar surface area (TPSA) is 67.4 Å². The maximum absolute atomic E-state index is 12.3. The van der Waals surface area contributed by atoms with E-state index >= 15 is 0 Å². The van der Waals surface area contributed by atoms with E-state index in [1.165, 1.54) is 0 Å². The Morgan fingerprint density at radius 3 is 2.86 bits per heavy atom. The lowest BCUT2D eigenvalue weighted by atomic mass is 10.3. The second kappa shape index (κ2) is 8.14. The summed E-state index contributed by atoms with van der Waals surface area (Å²) in [4.78, 5) is 21.3. The van der Waals surface area contributed by atoms with Crippen LogP contribution in [-0.4, -0.2) is 53.7 Å². The molecule has 1 fully saturated rings. The van der Waals surface area contributed by atoms with Crippen molar-refractivity contribution in [2.45, 2.75) is 32.7 Å². The van der Waals surface area contributed by atoms with Crippen LogP contribution in [0.2, 0.25) is 0 Å². The summed E-state index contributed by atoms with van der Waals surface area (Å²) in [5, 5.41) is 0. The third-order valence-corrected chi connectivity index (χ3v) is 4.05. The van der Waals surface area contributed by atoms with Crippen molar-refractivity contribution < 1.29 is 0 Å². The lowest BCUT2D eigenvalue weighted by molar-refractivity contribution is 0.288. The van der Waals surface area contributed by atoms with Crippen LogP contribution in [0.25, 0.3) is 0 Å². The standard InChI is InChI=1S/C15H27N5O/c1-2-19-11-7-17-14(15(19)21)20-10-5-9-18(12-13-20)8-4-3-6-16/h7,11H,2-6,8-10,12-13,16H2,1H3. The molecule has 0 unspecified atom stereocenters. The molecule has 1 saturated heterocycles. The molecule has 0 amide bonds. The van der Waals surface area contributed by atoms with Crippen LogP contribution in [0.4, 0.5) is 5.82 Å². The number of hydrogen-bond acceptors (Lipinski definition) is 5. The summed E-state index contributed by atoms with van der Waals surface area (Å²) in [6, 6.07) is 0. The molecule has 21 heavy (non-hydrogen) atoms. The van der Waals surface area contributed by atoms with Gasteiger partial charge >= 0.3 is 0 Å². The van der Waals surface area contributed by atoms with Gasteiger partial charge in [-0.05, 0) is 45.8 Å². The fraction of sp³-hybridized carbons (Fsp3) is 0.733. The average molecular weight is 293 g/mol. The highest BCUT2D eigenvalue weighted by Crippen LogP contribution is 2.10. The molecule has 0 saturated carbocycles. The fourth-order valence-electron chi connectivity index (χ4n) is 2.79. The summed E-state index contributed by atoms with van der Waals surface area (Å²) in [6.07, 6.45) is 6.79. The van der Waals surface area contributed by atoms with Crippen molar-refractivity contribution in [3.05, 3.63) is 22.7 Å². The minimum atomic E-state index is 0.0246. The minimum Gasteiger partial charge on any atom is -0.351 e. The van der Waals surface area contributed by atoms with Gasteiger partial charge in [0.05, 0.1) is 0 Å². The molecule has 2 N–H and O–H groups in total. The van der Waals surface area contributed by atoms with Crippen LogP contribution in [0.15, 0.2) is 17.2 Å². The zero-order valence-corrected chi connectivity index (χ0v) is 13.0. The highest BCUT2D eigenvalue weighted by Gasteiger charge is 2.18. The molecule has 1 aromatic rings. The number of nitrogens with zero attached hydrogens (tertiary/aromatic N) is 4. The predicted octanol–water partition coefficient (Wildman–Crippen LogP) is 0.514. The number of hydrogen-bond donors (Lipinski definition) is 1. The van der Waals surface area contributed by atoms with Gasteiger partial charge in [-0.15, -0.1) is 0 Å². The smallest absolute Gasteiger partial charge is 0.293 e. The van der Waals surface area contributed by atoms with Crippen molar-refractivity contribution in [3.8, 4) is 0 Å². The summed E-state index contributed by atoms with van der Waals surface area (Å²) in [5.41, 5.74) is 5.57. The monoisotopic (exact) mass is 293 g/mol. The van der Waals surface area contributed by atoms with Crippen LogP contribution in [0.1, 0.15) is 26.2 Å². The van der Waals surface area contributed by atoms with Gasteiger partial charge in [-0.3, -0.25) is 4.79 Å². The third-order valence-electron chi connectivity index (χ3n) is 4.05. The quantitative estimate of drug-likeness (QED) is 0.774. The molecule has 118 valence electrons. The second-order valence-electron chi connectivity index (χ2n) is 5.52. The molecular formula is C15H27N5O. The zero-order valence-electron chi connectivity index (χ0n) is 13.0. The van der Waals surface area contributed by atoms with E-state index in [0.717, 1.165) is 58.5 Å². The summed E-state index contributed by atoms with van der Waals surface area (Å²) in [7, 11) is 0. The Morgan fingerprint density at radius 1 is 1.24 bits per heavy atom. The van der Waals surface area contributed by atoms with Crippen molar-refractivity contribution in [1.82, 2.24) is 14.5 Å². The molecule has 0 aliphatic carbocycles. The van der Waals surface area contributed by atoms with E-state index in [4.69, 9.17) is 5.73 Å². The molecule has 2 rings (SSSR count). The SMILES string of the molecule is CCn1ccnc(N2CCCN(CCCCN)CC2)c1=O. The summed E-state index contributed by atoms with van der Waals surface area (Å²) in [5.74, 6) is 0.600. The normalized spacial score (nSPS) is 17.0. The van der Waals surface area contributed by atoms with Gasteiger partial charge in [-0.1, -0.05) is 0 Å². The molecule has 6 nitrogen and oxygen atoms in total. The maximum Gasteiger partial charge on any atom is 0.293 e. The Bertz CT molecular complexity index is 487. The number of unbranched alkanes of at least 4 members (excludes halogenated alkanes) is 1. The first-order valence-corrected chi connectivity index (χ1v) is 7.99. The maximum atomic E-state index is 12.3. The Hall–Kier alpha value is -1.40. The fourth-order valence-corrected chi connectivity index (χ4v) is 2.79. The number of nitrogens with two attached hydrogens (primary N) is 1. The van der Waals surface area contributed by atoms with Gasteiger partial charge in [0, 0.05) is 38.6 Å². The van der Waals surface area contributed by atoms with E-state index < -0.39 is 0 Å². The van der Waals surface area contributed by atoms with E-state index in [9.17, 15) is 4.79 Å². The van der Waals surface area contributed by atoms with Crippen molar-refractivity contribution in [2.24, 2.45) is 5.73 Å². The van der Waals surface area contributed by atoms with Crippen LogP contribution in [0.3, 0.4) is 0 Å². The molecule has 0 bridgehead atoms. The van der Waals surface area contributed by atoms with Gasteiger partial charge in [0.15, 0.2) is 5.82 Å². The van der Waals surface area contributed by atoms with Gasteiger partial charge in [0.25, 0.3) is 5.56 Å². The Labute approximate surface area is 126 Å². The molecule has 0 spiro atoms. The van der Waals surface area contributed by atoms with Gasteiger partial charge in [0.2, 0.25) is 0 Å². The first kappa shape index (κ1) is 16.0. The number of aryl methyl sites for hydroxylation is 1. The van der Waals surface area contributed by atoms with Crippen LogP contribution >= 0.6 is 0 Å². The highest BCUT2D eigenvalue weighted by molar-refractivity contribution is 5.35. The molecule has 2 heterocycles. The van der Waals surface area contributed by atoms with Crippen molar-refractivity contribution in [1.29, 1.82) is 0 Å². The number of aromatic nitrogens is 2. The lowest BCUT2D eigenvalue weighted by Gasteiger charge is -2.22. The van der Waals surface area contributed by atoms with Crippen molar-refractivity contribution >= 4 is 5.82 Å². The second-order valence-corrected chi connectivity index (χ2v) is 5.52. The molecular weight excluding hydrogens is 266 g/mol. The van der Waals surface area contributed by atoms with Crippen LogP contribution in [-0.2, 0) is 6.54 Å². The Kier molecular flexibility index (Phi) is 6.20. The van der Waals surface area contributed by atoms with E-state index in [-0.39, 0.29) is 5.56 Å². The minimum absolute atomic E-state index is 0.0246. The first-order chi connectivity index (χ1) is 10.3. The largest absolute Gasteiger partial charge is 0.351 e. The van der Waals surface area contributed by atoms with Crippen LogP contribution in [0.5, 0.6) is 0 Å². The summed E-state index contributed by atoms with van der Waals surface area (Å²) >= 11 is 0. The molecule has 0 aromatic carbocycles. The molecule has 1 aromatic heterocycles. The average Bonchev–Trinajstić information content (AvgIpc) is 2.73. The van der Waals surface area contributed by atoms with Crippen molar-refractivity contribution in [3.63, 3.8) is 0 Å². The molecule has 0 radical (unpaired) electrons. The Balaban J connectivity index is 1.98. The summed E-state index contributed by atoms with van der Waals surface area (Å²) < 4.78 is 1.71. The van der Waals surface area contributed by atoms with Gasteiger partial charge in [0.1, 0.15) is 0 Å². The van der Waals surface area contributed by atoms with Gasteiger partial charge in [-0.25, -0.2) is 4.98 Å². The van der Waals surface area contributed by atoms with Gasteiger partial charge in [-0.2, -0.15) is 0 Å². The van der Waals surface area contributed by atoms with E-state index in [0.29, 0.717) is 12.4 Å². The van der Waals surface area contributed by atoms with E-state index in [1.54, 1.807) is 17.0 Å². The predicted molar refractivity (Wildman–Crippen MR) is 85.7 cm³/mol. The summed E-state index contributed by atoms with van der Waals surface area (Å²) in [6.45, 7) is 8.40. The lowest BCUT2D eigenvalue weighted by Crippen LogP contribution is -2.36. The zero-order chi connectivity index (χ0) is 15.1. The van der Waals surface area contributed by atoms with Crippen molar-refractivity contribution in [2.75, 3.05) is 44.2 Å². The first-order valence-electron chi connectivity index (χ1n) is 7.99. The molecule has 0 atom stereocenters. The number of anilines is 1.